The summed E-state index contributed by atoms with van der Waals surface area (Å²) in [6, 6.07) is -0.385. The summed E-state index contributed by atoms with van der Waals surface area (Å²) in [5, 5.41) is 11.9. The summed E-state index contributed by atoms with van der Waals surface area (Å²) >= 11 is 0. The van der Waals surface area contributed by atoms with Gasteiger partial charge in [0.2, 0.25) is 0 Å². The third-order valence-corrected chi connectivity index (χ3v) is 1.48. The Morgan fingerprint density at radius 3 is 2.29 bits per heavy atom. The highest BCUT2D eigenvalue weighted by molar-refractivity contribution is 5.75. The zero-order valence-electron chi connectivity index (χ0n) is 9.63. The minimum absolute atomic E-state index is 0.293. The van der Waals surface area contributed by atoms with Crippen LogP contribution in [0.2, 0.25) is 0 Å². The monoisotopic (exact) mass is 203 g/mol. The zero-order valence-corrected chi connectivity index (χ0v) is 9.63. The van der Waals surface area contributed by atoms with Gasteiger partial charge in [0, 0.05) is 6.54 Å². The number of esters is 1. The predicted octanol–water partition coefficient (Wildman–Crippen LogP) is 0.687. The Kier molecular flexibility index (Phi) is 5.08. The molecule has 0 aromatic heterocycles. The van der Waals surface area contributed by atoms with Crippen molar-refractivity contribution in [2.24, 2.45) is 0 Å². The number of rotatable bonds is 4. The Morgan fingerprint density at radius 1 is 1.43 bits per heavy atom. The van der Waals surface area contributed by atoms with E-state index in [0.717, 1.165) is 0 Å². The van der Waals surface area contributed by atoms with Crippen LogP contribution < -0.4 is 5.32 Å². The first-order chi connectivity index (χ1) is 6.22. The summed E-state index contributed by atoms with van der Waals surface area (Å²) in [6.45, 7) is 9.25. The van der Waals surface area contributed by atoms with Gasteiger partial charge in [-0.05, 0) is 34.6 Å². The zero-order chi connectivity index (χ0) is 11.4. The van der Waals surface area contributed by atoms with Crippen molar-refractivity contribution in [2.45, 2.75) is 52.4 Å². The van der Waals surface area contributed by atoms with Gasteiger partial charge in [-0.25, -0.2) is 0 Å². The summed E-state index contributed by atoms with van der Waals surface area (Å²) in [5.74, 6) is -0.293. The van der Waals surface area contributed by atoms with Crippen molar-refractivity contribution in [1.29, 1.82) is 0 Å². The predicted molar refractivity (Wildman–Crippen MR) is 55.0 cm³/mol. The van der Waals surface area contributed by atoms with Crippen molar-refractivity contribution in [1.82, 2.24) is 5.32 Å². The molecule has 0 fully saturated rings. The van der Waals surface area contributed by atoms with E-state index in [1.165, 1.54) is 0 Å². The Bertz CT molecular complexity index is 184. The fourth-order valence-electron chi connectivity index (χ4n) is 0.821. The molecule has 14 heavy (non-hydrogen) atoms. The van der Waals surface area contributed by atoms with E-state index >= 15 is 0 Å². The molecule has 0 aliphatic rings. The Labute approximate surface area is 85.6 Å². The van der Waals surface area contributed by atoms with Crippen LogP contribution >= 0.6 is 0 Å². The van der Waals surface area contributed by atoms with Crippen LogP contribution in [-0.4, -0.2) is 35.4 Å². The Morgan fingerprint density at radius 2 is 1.93 bits per heavy atom. The molecule has 0 aliphatic heterocycles. The van der Waals surface area contributed by atoms with Crippen LogP contribution in [0.3, 0.4) is 0 Å². The van der Waals surface area contributed by atoms with Gasteiger partial charge in [-0.1, -0.05) is 0 Å². The van der Waals surface area contributed by atoms with Crippen molar-refractivity contribution in [3.8, 4) is 0 Å². The van der Waals surface area contributed by atoms with E-state index in [-0.39, 0.29) is 12.0 Å². The summed E-state index contributed by atoms with van der Waals surface area (Å²) in [5.41, 5.74) is -0.460. The lowest BCUT2D eigenvalue weighted by atomic mass is 10.2. The van der Waals surface area contributed by atoms with Crippen LogP contribution in [0, 0.1) is 0 Å². The fourth-order valence-corrected chi connectivity index (χ4v) is 0.821. The number of hydrogen-bond donors (Lipinski definition) is 2. The first-order valence-corrected chi connectivity index (χ1v) is 4.86. The van der Waals surface area contributed by atoms with Crippen LogP contribution in [-0.2, 0) is 9.53 Å². The molecule has 0 bridgehead atoms. The number of ether oxygens (including phenoxy) is 1. The highest BCUT2D eigenvalue weighted by Crippen LogP contribution is 2.08. The van der Waals surface area contributed by atoms with E-state index in [2.05, 4.69) is 5.32 Å². The van der Waals surface area contributed by atoms with Gasteiger partial charge in [-0.2, -0.15) is 0 Å². The molecule has 0 amide bonds. The van der Waals surface area contributed by atoms with Crippen LogP contribution in [0.25, 0.3) is 0 Å². The average molecular weight is 203 g/mol. The second-order valence-electron chi connectivity index (χ2n) is 4.51. The molecule has 0 saturated heterocycles. The van der Waals surface area contributed by atoms with Gasteiger partial charge in [-0.3, -0.25) is 4.79 Å². The van der Waals surface area contributed by atoms with Gasteiger partial charge in [0.1, 0.15) is 11.6 Å². The average Bonchev–Trinajstić information content (AvgIpc) is 1.96. The molecule has 84 valence electrons. The quantitative estimate of drug-likeness (QED) is 0.660. The number of aliphatic hydroxyl groups excluding tert-OH is 1. The lowest BCUT2D eigenvalue weighted by Gasteiger charge is -2.23. The van der Waals surface area contributed by atoms with Crippen molar-refractivity contribution in [3.05, 3.63) is 0 Å². The fraction of sp³-hybridized carbons (Fsp3) is 0.900. The van der Waals surface area contributed by atoms with E-state index in [9.17, 15) is 4.79 Å². The minimum Gasteiger partial charge on any atom is -0.459 e. The summed E-state index contributed by atoms with van der Waals surface area (Å²) < 4.78 is 5.15. The van der Waals surface area contributed by atoms with Gasteiger partial charge in [0.05, 0.1) is 6.10 Å². The topological polar surface area (TPSA) is 58.6 Å². The summed E-state index contributed by atoms with van der Waals surface area (Å²) in [7, 11) is 0. The molecule has 0 aliphatic carbocycles. The first kappa shape index (κ1) is 13.4. The van der Waals surface area contributed by atoms with Gasteiger partial charge in [-0.15, -0.1) is 0 Å². The third-order valence-electron chi connectivity index (χ3n) is 1.48. The minimum atomic E-state index is -0.460. The molecular formula is C10H21NO3. The van der Waals surface area contributed by atoms with E-state index in [4.69, 9.17) is 9.84 Å². The van der Waals surface area contributed by atoms with Crippen LogP contribution in [0.5, 0.6) is 0 Å². The molecule has 0 radical (unpaired) electrons. The molecule has 2 atom stereocenters. The lowest BCUT2D eigenvalue weighted by molar-refractivity contribution is -0.157. The molecule has 0 rings (SSSR count). The lowest BCUT2D eigenvalue weighted by Crippen LogP contribution is -2.41. The summed E-state index contributed by atoms with van der Waals surface area (Å²) in [4.78, 5) is 11.4. The molecule has 0 heterocycles. The van der Waals surface area contributed by atoms with Crippen LogP contribution in [0.4, 0.5) is 0 Å². The molecule has 4 heteroatoms. The molecule has 0 aromatic rings. The van der Waals surface area contributed by atoms with Gasteiger partial charge in [0.25, 0.3) is 0 Å². The number of aliphatic hydroxyl groups is 1. The molecule has 2 N–H and O–H groups in total. The maximum atomic E-state index is 11.4. The SMILES string of the molecule is CC(O)CNC(C)C(=O)OC(C)(C)C. The molecule has 4 nitrogen and oxygen atoms in total. The van der Waals surface area contributed by atoms with Gasteiger partial charge >= 0.3 is 5.97 Å². The molecular weight excluding hydrogens is 182 g/mol. The van der Waals surface area contributed by atoms with Crippen molar-refractivity contribution < 1.29 is 14.6 Å². The molecule has 2 unspecified atom stereocenters. The van der Waals surface area contributed by atoms with E-state index in [0.29, 0.717) is 6.54 Å². The molecule has 0 aromatic carbocycles. The Balaban J connectivity index is 3.88. The van der Waals surface area contributed by atoms with Crippen LogP contribution in [0.1, 0.15) is 34.6 Å². The van der Waals surface area contributed by atoms with Crippen LogP contribution in [0.15, 0.2) is 0 Å². The summed E-state index contributed by atoms with van der Waals surface area (Å²) in [6.07, 6.45) is -0.458. The highest BCUT2D eigenvalue weighted by atomic mass is 16.6. The normalized spacial score (nSPS) is 16.1. The van der Waals surface area contributed by atoms with Gasteiger partial charge in [0.15, 0.2) is 0 Å². The van der Waals surface area contributed by atoms with Crippen molar-refractivity contribution >= 4 is 5.97 Å². The van der Waals surface area contributed by atoms with E-state index in [1.54, 1.807) is 13.8 Å². The van der Waals surface area contributed by atoms with E-state index < -0.39 is 11.7 Å². The number of nitrogens with one attached hydrogen (secondary N) is 1. The second kappa shape index (κ2) is 5.32. The number of carbonyl (C=O) groups is 1. The third kappa shape index (κ3) is 6.86. The maximum absolute atomic E-state index is 11.4. The first-order valence-electron chi connectivity index (χ1n) is 4.86. The van der Waals surface area contributed by atoms with Crippen molar-refractivity contribution in [2.75, 3.05) is 6.54 Å². The highest BCUT2D eigenvalue weighted by Gasteiger charge is 2.21. The number of carbonyl (C=O) groups excluding carboxylic acids is 1. The van der Waals surface area contributed by atoms with E-state index in [1.807, 2.05) is 20.8 Å². The smallest absolute Gasteiger partial charge is 0.323 e. The molecule has 0 saturated carbocycles. The largest absolute Gasteiger partial charge is 0.459 e. The second-order valence-corrected chi connectivity index (χ2v) is 4.51. The number of hydrogen-bond acceptors (Lipinski definition) is 4. The maximum Gasteiger partial charge on any atom is 0.323 e. The van der Waals surface area contributed by atoms with Crippen molar-refractivity contribution in [3.63, 3.8) is 0 Å². The van der Waals surface area contributed by atoms with Gasteiger partial charge < -0.3 is 15.2 Å². The standard InChI is InChI=1S/C10H21NO3/c1-7(12)6-11-8(2)9(13)14-10(3,4)5/h7-8,11-12H,6H2,1-5H3. The molecule has 0 spiro atoms. The Hall–Kier alpha value is -0.610.